The van der Waals surface area contributed by atoms with Crippen LogP contribution in [0.15, 0.2) is 24.3 Å². The van der Waals surface area contributed by atoms with Crippen molar-refractivity contribution in [3.8, 4) is 0 Å². The summed E-state index contributed by atoms with van der Waals surface area (Å²) >= 11 is 5.97. The number of hydrogen-bond donors (Lipinski definition) is 1. The van der Waals surface area contributed by atoms with Crippen molar-refractivity contribution in [1.82, 2.24) is 15.1 Å². The molecule has 1 N–H and O–H groups in total. The van der Waals surface area contributed by atoms with Gasteiger partial charge in [0.05, 0.1) is 13.1 Å². The zero-order valence-corrected chi connectivity index (χ0v) is 15.5. The first kappa shape index (κ1) is 18.2. The lowest BCUT2D eigenvalue weighted by Gasteiger charge is -2.29. The lowest BCUT2D eigenvalue weighted by atomic mass is 10.1. The summed E-state index contributed by atoms with van der Waals surface area (Å²) in [6.45, 7) is 4.17. The van der Waals surface area contributed by atoms with Crippen molar-refractivity contribution in [2.45, 2.75) is 44.7 Å². The molecule has 1 atom stereocenters. The van der Waals surface area contributed by atoms with Gasteiger partial charge in [-0.25, -0.2) is 0 Å². The molecule has 1 heterocycles. The molecule has 1 aliphatic carbocycles. The lowest BCUT2D eigenvalue weighted by Crippen LogP contribution is -2.44. The van der Waals surface area contributed by atoms with Crippen molar-refractivity contribution in [3.05, 3.63) is 34.9 Å². The number of carbonyl (C=O) groups is 2. The van der Waals surface area contributed by atoms with E-state index in [1.54, 1.807) is 0 Å². The van der Waals surface area contributed by atoms with Crippen LogP contribution in [-0.2, 0) is 9.59 Å². The normalized spacial score (nSPS) is 18.4. The van der Waals surface area contributed by atoms with Crippen molar-refractivity contribution in [1.29, 1.82) is 0 Å². The first-order valence-corrected chi connectivity index (χ1v) is 9.48. The van der Waals surface area contributed by atoms with Crippen LogP contribution in [0.1, 0.15) is 44.2 Å². The molecule has 3 rings (SSSR count). The summed E-state index contributed by atoms with van der Waals surface area (Å²) in [4.78, 5) is 28.5. The van der Waals surface area contributed by atoms with Gasteiger partial charge in [-0.2, -0.15) is 0 Å². The Balaban J connectivity index is 1.53. The maximum Gasteiger partial charge on any atom is 0.241 e. The van der Waals surface area contributed by atoms with Crippen LogP contribution in [0.3, 0.4) is 0 Å². The number of carbonyl (C=O) groups excluding carboxylic acids is 2. The second-order valence-electron chi connectivity index (χ2n) is 7.00. The molecule has 1 aliphatic heterocycles. The van der Waals surface area contributed by atoms with Gasteiger partial charge in [-0.3, -0.25) is 14.5 Å². The molecule has 0 bridgehead atoms. The van der Waals surface area contributed by atoms with Crippen LogP contribution in [0, 0.1) is 0 Å². The Morgan fingerprint density at radius 3 is 2.48 bits per heavy atom. The van der Waals surface area contributed by atoms with Gasteiger partial charge in [0.1, 0.15) is 0 Å². The van der Waals surface area contributed by atoms with Crippen molar-refractivity contribution in [3.63, 3.8) is 0 Å². The zero-order valence-electron chi connectivity index (χ0n) is 14.7. The van der Waals surface area contributed by atoms with Crippen LogP contribution < -0.4 is 5.32 Å². The molecule has 2 fully saturated rings. The average Bonchev–Trinajstić information content (AvgIpc) is 3.30. The van der Waals surface area contributed by atoms with Gasteiger partial charge in [-0.15, -0.1) is 0 Å². The average molecular weight is 364 g/mol. The fourth-order valence-corrected chi connectivity index (χ4v) is 3.52. The summed E-state index contributed by atoms with van der Waals surface area (Å²) in [5, 5.41) is 3.51. The van der Waals surface area contributed by atoms with Gasteiger partial charge in [0.15, 0.2) is 0 Å². The standard InChI is InChI=1S/C19H26ClN3O2/c1-14(15-4-6-16(20)7-5-15)23(17-8-9-17)13-18(24)21-12-19(25)22-10-2-3-11-22/h4-7,14,17H,2-3,8-13H2,1H3,(H,21,24). The number of hydrogen-bond acceptors (Lipinski definition) is 3. The third-order valence-corrected chi connectivity index (χ3v) is 5.34. The maximum atomic E-state index is 12.4. The number of rotatable bonds is 7. The Morgan fingerprint density at radius 1 is 1.24 bits per heavy atom. The summed E-state index contributed by atoms with van der Waals surface area (Å²) in [5.74, 6) is -0.0603. The second-order valence-corrected chi connectivity index (χ2v) is 7.43. The van der Waals surface area contributed by atoms with E-state index < -0.39 is 0 Å². The van der Waals surface area contributed by atoms with E-state index in [2.05, 4.69) is 17.1 Å². The van der Waals surface area contributed by atoms with Crippen LogP contribution in [0.4, 0.5) is 0 Å². The van der Waals surface area contributed by atoms with Crippen LogP contribution in [0.5, 0.6) is 0 Å². The molecule has 1 unspecified atom stereocenters. The van der Waals surface area contributed by atoms with Gasteiger partial charge in [0.2, 0.25) is 11.8 Å². The van der Waals surface area contributed by atoms with Gasteiger partial charge in [0, 0.05) is 30.2 Å². The lowest BCUT2D eigenvalue weighted by molar-refractivity contribution is -0.132. The predicted octanol–water partition coefficient (Wildman–Crippen LogP) is 2.60. The van der Waals surface area contributed by atoms with Gasteiger partial charge in [0.25, 0.3) is 0 Å². The van der Waals surface area contributed by atoms with Crippen LogP contribution in [0.2, 0.25) is 5.02 Å². The van der Waals surface area contributed by atoms with Crippen molar-refractivity contribution >= 4 is 23.4 Å². The summed E-state index contributed by atoms with van der Waals surface area (Å²) in [6.07, 6.45) is 4.37. The van der Waals surface area contributed by atoms with Gasteiger partial charge < -0.3 is 10.2 Å². The monoisotopic (exact) mass is 363 g/mol. The zero-order chi connectivity index (χ0) is 17.8. The summed E-state index contributed by atoms with van der Waals surface area (Å²) in [7, 11) is 0. The van der Waals surface area contributed by atoms with Crippen LogP contribution in [-0.4, -0.2) is 53.8 Å². The molecule has 1 aromatic rings. The van der Waals surface area contributed by atoms with Crippen LogP contribution in [0.25, 0.3) is 0 Å². The number of nitrogens with one attached hydrogen (secondary N) is 1. The molecule has 2 amide bonds. The fraction of sp³-hybridized carbons (Fsp3) is 0.579. The van der Waals surface area contributed by atoms with Crippen molar-refractivity contribution in [2.24, 2.45) is 0 Å². The number of nitrogens with zero attached hydrogens (tertiary/aromatic N) is 2. The number of amides is 2. The van der Waals surface area contributed by atoms with E-state index in [-0.39, 0.29) is 24.4 Å². The van der Waals surface area contributed by atoms with E-state index in [0.717, 1.165) is 44.3 Å². The largest absolute Gasteiger partial charge is 0.346 e. The number of halogens is 1. The Morgan fingerprint density at radius 2 is 1.88 bits per heavy atom. The molecule has 136 valence electrons. The highest BCUT2D eigenvalue weighted by atomic mass is 35.5. The molecular formula is C19H26ClN3O2. The minimum Gasteiger partial charge on any atom is -0.346 e. The topological polar surface area (TPSA) is 52.7 Å². The molecule has 25 heavy (non-hydrogen) atoms. The van der Waals surface area contributed by atoms with E-state index in [0.29, 0.717) is 17.6 Å². The SMILES string of the molecule is CC(c1ccc(Cl)cc1)N(CC(=O)NCC(=O)N1CCCC1)C1CC1. The Bertz CT molecular complexity index is 610. The van der Waals surface area contributed by atoms with Crippen LogP contribution >= 0.6 is 11.6 Å². The quantitative estimate of drug-likeness (QED) is 0.810. The Labute approximate surface area is 154 Å². The molecule has 2 aliphatic rings. The summed E-state index contributed by atoms with van der Waals surface area (Å²) < 4.78 is 0. The molecule has 0 spiro atoms. The van der Waals surface area contributed by atoms with E-state index in [4.69, 9.17) is 11.6 Å². The van der Waals surface area contributed by atoms with E-state index in [9.17, 15) is 9.59 Å². The van der Waals surface area contributed by atoms with Gasteiger partial charge in [-0.05, 0) is 50.3 Å². The maximum absolute atomic E-state index is 12.4. The van der Waals surface area contributed by atoms with E-state index in [1.807, 2.05) is 29.2 Å². The van der Waals surface area contributed by atoms with E-state index in [1.165, 1.54) is 0 Å². The highest BCUT2D eigenvalue weighted by Gasteiger charge is 2.34. The molecule has 1 saturated heterocycles. The molecule has 6 heteroatoms. The molecule has 1 saturated carbocycles. The predicted molar refractivity (Wildman–Crippen MR) is 98.4 cm³/mol. The van der Waals surface area contributed by atoms with Crippen molar-refractivity contribution in [2.75, 3.05) is 26.2 Å². The van der Waals surface area contributed by atoms with Crippen molar-refractivity contribution < 1.29 is 9.59 Å². The first-order chi connectivity index (χ1) is 12.0. The molecular weight excluding hydrogens is 338 g/mol. The number of benzene rings is 1. The molecule has 1 aromatic carbocycles. The third-order valence-electron chi connectivity index (χ3n) is 5.09. The minimum atomic E-state index is -0.0831. The van der Waals surface area contributed by atoms with Gasteiger partial charge in [-0.1, -0.05) is 23.7 Å². The Hall–Kier alpha value is -1.59. The fourth-order valence-electron chi connectivity index (χ4n) is 3.40. The van der Waals surface area contributed by atoms with E-state index >= 15 is 0 Å². The van der Waals surface area contributed by atoms with Gasteiger partial charge >= 0.3 is 0 Å². The molecule has 5 nitrogen and oxygen atoms in total. The number of likely N-dealkylation sites (tertiary alicyclic amines) is 1. The Kier molecular flexibility index (Phi) is 5.97. The summed E-state index contributed by atoms with van der Waals surface area (Å²) in [5.41, 5.74) is 1.15. The molecule has 0 aromatic heterocycles. The highest BCUT2D eigenvalue weighted by Crippen LogP contribution is 2.34. The highest BCUT2D eigenvalue weighted by molar-refractivity contribution is 6.30. The summed E-state index contributed by atoms with van der Waals surface area (Å²) in [6, 6.07) is 8.38. The smallest absolute Gasteiger partial charge is 0.241 e. The molecule has 0 radical (unpaired) electrons. The first-order valence-electron chi connectivity index (χ1n) is 9.10. The second kappa shape index (κ2) is 8.19. The minimum absolute atomic E-state index is 0.0228. The third kappa shape index (κ3) is 4.95.